The van der Waals surface area contributed by atoms with Crippen molar-refractivity contribution < 1.29 is 0 Å². The van der Waals surface area contributed by atoms with Crippen LogP contribution in [-0.4, -0.2) is 0 Å². The van der Waals surface area contributed by atoms with Crippen LogP contribution in [0, 0.1) is 13.8 Å². The van der Waals surface area contributed by atoms with Gasteiger partial charge in [0.2, 0.25) is 0 Å². The van der Waals surface area contributed by atoms with Crippen LogP contribution >= 0.6 is 0 Å². The molecule has 0 saturated heterocycles. The summed E-state index contributed by atoms with van der Waals surface area (Å²) in [4.78, 5) is 0. The molecule has 0 aliphatic carbocycles. The van der Waals surface area contributed by atoms with Crippen LogP contribution in [0.4, 0.5) is 0 Å². The Balaban J connectivity index is 3.48. The van der Waals surface area contributed by atoms with E-state index in [1.165, 1.54) is 27.8 Å². The molecule has 0 fully saturated rings. The Kier molecular flexibility index (Phi) is 4.30. The number of rotatable bonds is 5. The van der Waals surface area contributed by atoms with Crippen molar-refractivity contribution in [2.45, 2.75) is 26.7 Å². The summed E-state index contributed by atoms with van der Waals surface area (Å²) in [5, 5.41) is 0. The Bertz CT molecular complexity index is 422. The van der Waals surface area contributed by atoms with Crippen molar-refractivity contribution >= 4 is 6.08 Å². The van der Waals surface area contributed by atoms with E-state index in [1.54, 1.807) is 0 Å². The van der Waals surface area contributed by atoms with Crippen molar-refractivity contribution in [2.75, 3.05) is 0 Å². The van der Waals surface area contributed by atoms with Gasteiger partial charge in [-0.2, -0.15) is 0 Å². The summed E-state index contributed by atoms with van der Waals surface area (Å²) < 4.78 is 0. The first-order valence-corrected chi connectivity index (χ1v) is 5.61. The molecule has 0 aromatic heterocycles. The third kappa shape index (κ3) is 2.33. The van der Waals surface area contributed by atoms with Gasteiger partial charge in [0.05, 0.1) is 0 Å². The van der Waals surface area contributed by atoms with Gasteiger partial charge in [-0.3, -0.25) is 0 Å². The van der Waals surface area contributed by atoms with Crippen LogP contribution in [-0.2, 0) is 12.8 Å². The molecule has 0 amide bonds. The van der Waals surface area contributed by atoms with E-state index in [2.05, 4.69) is 39.7 Å². The van der Waals surface area contributed by atoms with E-state index >= 15 is 0 Å². The Morgan fingerprint density at radius 2 is 1.56 bits per heavy atom. The maximum Gasteiger partial charge on any atom is -0.00912 e. The second-order valence-corrected chi connectivity index (χ2v) is 4.05. The summed E-state index contributed by atoms with van der Waals surface area (Å²) >= 11 is 0. The minimum atomic E-state index is 0.894. The predicted octanol–water partition coefficient (Wildman–Crippen LogP) is 4.40. The quantitative estimate of drug-likeness (QED) is 0.634. The normalized spacial score (nSPS) is 9.88. The molecule has 0 heteroatoms. The van der Waals surface area contributed by atoms with Gasteiger partial charge in [0, 0.05) is 0 Å². The largest absolute Gasteiger partial charge is 0.103 e. The van der Waals surface area contributed by atoms with Crippen LogP contribution in [0.25, 0.3) is 6.08 Å². The summed E-state index contributed by atoms with van der Waals surface area (Å²) in [5.74, 6) is 0. The van der Waals surface area contributed by atoms with Gasteiger partial charge in [0.25, 0.3) is 0 Å². The highest BCUT2D eigenvalue weighted by Gasteiger charge is 2.09. The van der Waals surface area contributed by atoms with Crippen LogP contribution in [0.3, 0.4) is 0 Å². The summed E-state index contributed by atoms with van der Waals surface area (Å²) in [6.07, 6.45) is 7.64. The summed E-state index contributed by atoms with van der Waals surface area (Å²) in [6.45, 7) is 15.9. The fourth-order valence-electron chi connectivity index (χ4n) is 2.06. The molecule has 0 saturated carbocycles. The smallest absolute Gasteiger partial charge is 0.00912 e. The maximum absolute atomic E-state index is 3.89. The lowest BCUT2D eigenvalue weighted by atomic mass is 9.89. The summed E-state index contributed by atoms with van der Waals surface area (Å²) in [7, 11) is 0. The van der Waals surface area contributed by atoms with Gasteiger partial charge in [0.15, 0.2) is 0 Å². The summed E-state index contributed by atoms with van der Waals surface area (Å²) in [6, 6.07) is 2.20. The third-order valence-electron chi connectivity index (χ3n) is 3.05. The number of allylic oxidation sites excluding steroid dienone is 2. The molecule has 0 aliphatic rings. The molecule has 0 nitrogen and oxygen atoms in total. The number of benzene rings is 1. The highest BCUT2D eigenvalue weighted by molar-refractivity contribution is 5.59. The van der Waals surface area contributed by atoms with Crippen molar-refractivity contribution in [2.24, 2.45) is 0 Å². The van der Waals surface area contributed by atoms with Crippen molar-refractivity contribution in [1.29, 1.82) is 0 Å². The first-order valence-electron chi connectivity index (χ1n) is 5.61. The van der Waals surface area contributed by atoms with E-state index < -0.39 is 0 Å². The van der Waals surface area contributed by atoms with Gasteiger partial charge in [-0.05, 0) is 54.5 Å². The van der Waals surface area contributed by atoms with E-state index in [0.29, 0.717) is 0 Å². The first-order chi connectivity index (χ1) is 7.65. The first kappa shape index (κ1) is 12.5. The number of hydrogen-bond acceptors (Lipinski definition) is 0. The molecular formula is C16H20. The van der Waals surface area contributed by atoms with E-state index in [4.69, 9.17) is 0 Å². The molecule has 0 heterocycles. The zero-order valence-electron chi connectivity index (χ0n) is 10.3. The second-order valence-electron chi connectivity index (χ2n) is 4.05. The third-order valence-corrected chi connectivity index (χ3v) is 3.05. The van der Waals surface area contributed by atoms with Gasteiger partial charge in [-0.15, -0.1) is 13.2 Å². The molecule has 1 rings (SSSR count). The molecule has 0 spiro atoms. The van der Waals surface area contributed by atoms with Gasteiger partial charge in [0.1, 0.15) is 0 Å². The van der Waals surface area contributed by atoms with E-state index in [1.807, 2.05) is 18.2 Å². The second kappa shape index (κ2) is 5.50. The highest BCUT2D eigenvalue weighted by Crippen LogP contribution is 2.25. The Morgan fingerprint density at radius 3 is 2.06 bits per heavy atom. The molecule has 0 unspecified atom stereocenters. The van der Waals surface area contributed by atoms with Crippen molar-refractivity contribution in [3.05, 3.63) is 65.8 Å². The topological polar surface area (TPSA) is 0 Å². The number of aryl methyl sites for hydroxylation is 1. The molecule has 0 aliphatic heterocycles. The van der Waals surface area contributed by atoms with Crippen LogP contribution in [0.2, 0.25) is 0 Å². The van der Waals surface area contributed by atoms with Crippen LogP contribution in [0.15, 0.2) is 38.0 Å². The van der Waals surface area contributed by atoms with Crippen molar-refractivity contribution in [3.8, 4) is 0 Å². The standard InChI is InChI=1S/C16H20/c1-6-9-15-13(5)12(4)11-14(8-3)16(15)10-7-2/h6-8,11H,1-3,9-10H2,4-5H3. The maximum atomic E-state index is 3.89. The summed E-state index contributed by atoms with van der Waals surface area (Å²) in [5.41, 5.74) is 6.62. The van der Waals surface area contributed by atoms with Gasteiger partial charge >= 0.3 is 0 Å². The molecule has 1 aromatic carbocycles. The monoisotopic (exact) mass is 212 g/mol. The average Bonchev–Trinajstić information content (AvgIpc) is 2.28. The molecule has 16 heavy (non-hydrogen) atoms. The predicted molar refractivity (Wildman–Crippen MR) is 73.8 cm³/mol. The molecular weight excluding hydrogens is 192 g/mol. The Hall–Kier alpha value is -1.56. The van der Waals surface area contributed by atoms with E-state index in [0.717, 1.165) is 12.8 Å². The molecule has 1 aromatic rings. The lowest BCUT2D eigenvalue weighted by molar-refractivity contribution is 1.10. The lowest BCUT2D eigenvalue weighted by Crippen LogP contribution is -2.01. The van der Waals surface area contributed by atoms with Crippen LogP contribution < -0.4 is 0 Å². The zero-order valence-corrected chi connectivity index (χ0v) is 10.3. The van der Waals surface area contributed by atoms with Gasteiger partial charge < -0.3 is 0 Å². The fourth-order valence-corrected chi connectivity index (χ4v) is 2.06. The molecule has 0 atom stereocenters. The average molecular weight is 212 g/mol. The lowest BCUT2D eigenvalue weighted by Gasteiger charge is -2.16. The highest BCUT2D eigenvalue weighted by atomic mass is 14.1. The van der Waals surface area contributed by atoms with Crippen LogP contribution in [0.5, 0.6) is 0 Å². The fraction of sp³-hybridized carbons (Fsp3) is 0.250. The minimum absolute atomic E-state index is 0.894. The minimum Gasteiger partial charge on any atom is -0.103 e. The zero-order chi connectivity index (χ0) is 12.1. The SMILES string of the molecule is C=CCc1c(C=C)cc(C)c(C)c1CC=C. The van der Waals surface area contributed by atoms with Crippen LogP contribution in [0.1, 0.15) is 27.8 Å². The molecule has 0 bridgehead atoms. The molecule has 84 valence electrons. The Labute approximate surface area is 99.0 Å². The number of hydrogen-bond donors (Lipinski definition) is 0. The van der Waals surface area contributed by atoms with Crippen molar-refractivity contribution in [1.82, 2.24) is 0 Å². The van der Waals surface area contributed by atoms with E-state index in [9.17, 15) is 0 Å². The Morgan fingerprint density at radius 1 is 1.00 bits per heavy atom. The van der Waals surface area contributed by atoms with E-state index in [-0.39, 0.29) is 0 Å². The molecule has 0 N–H and O–H groups in total. The van der Waals surface area contributed by atoms with Gasteiger partial charge in [-0.25, -0.2) is 0 Å². The molecule has 0 radical (unpaired) electrons. The van der Waals surface area contributed by atoms with Crippen molar-refractivity contribution in [3.63, 3.8) is 0 Å². The van der Waals surface area contributed by atoms with Gasteiger partial charge in [-0.1, -0.05) is 30.9 Å².